The minimum Gasteiger partial charge on any atom is -0.417 e. The lowest BCUT2D eigenvalue weighted by Gasteiger charge is -2.36. The van der Waals surface area contributed by atoms with Crippen molar-refractivity contribution in [3.05, 3.63) is 12.7 Å². The second-order valence-corrected chi connectivity index (χ2v) is 11.2. The normalized spacial score (nSPS) is 16.6. The summed E-state index contributed by atoms with van der Waals surface area (Å²) in [4.78, 5) is 0. The van der Waals surface area contributed by atoms with Gasteiger partial charge in [0.15, 0.2) is 8.32 Å². The van der Waals surface area contributed by atoms with Crippen LogP contribution in [-0.4, -0.2) is 33.5 Å². The van der Waals surface area contributed by atoms with Gasteiger partial charge in [0, 0.05) is 13.7 Å². The van der Waals surface area contributed by atoms with Crippen molar-refractivity contribution in [1.82, 2.24) is 0 Å². The molecule has 2 nitrogen and oxygen atoms in total. The summed E-state index contributed by atoms with van der Waals surface area (Å²) < 4.78 is 11.4. The quantitative estimate of drug-likeness (QED) is 0.395. The van der Waals surface area contributed by atoms with E-state index in [4.69, 9.17) is 20.8 Å². The van der Waals surface area contributed by atoms with Gasteiger partial charge in [0.2, 0.25) is 0 Å². The van der Waals surface area contributed by atoms with E-state index in [1.54, 1.807) is 13.2 Å². The molecule has 0 bridgehead atoms. The number of hydrogen-bond acceptors (Lipinski definition) is 2. The van der Waals surface area contributed by atoms with Crippen LogP contribution < -0.4 is 0 Å². The van der Waals surface area contributed by atoms with Crippen LogP contribution in [0, 0.1) is 0 Å². The highest BCUT2D eigenvalue weighted by Crippen LogP contribution is 2.36. The first-order valence-corrected chi connectivity index (χ1v) is 9.43. The van der Waals surface area contributed by atoms with E-state index in [1.165, 1.54) is 0 Å². The van der Waals surface area contributed by atoms with Gasteiger partial charge < -0.3 is 9.16 Å². The van der Waals surface area contributed by atoms with Gasteiger partial charge in [-0.05, 0) is 24.6 Å². The Hall–Kier alpha value is 0.167. The highest BCUT2D eigenvalue weighted by molar-refractivity contribution is 6.74. The van der Waals surface area contributed by atoms with Gasteiger partial charge in [-0.15, -0.1) is 18.2 Å². The lowest BCUT2D eigenvalue weighted by atomic mass is 10.2. The summed E-state index contributed by atoms with van der Waals surface area (Å²) in [5.74, 6) is 0. The third-order valence-corrected chi connectivity index (χ3v) is 8.55. The Bertz CT molecular complexity index is 236. The average Bonchev–Trinajstić information content (AvgIpc) is 2.21. The van der Waals surface area contributed by atoms with Gasteiger partial charge in [0.1, 0.15) is 0 Å². The molecule has 0 aliphatic rings. The second-order valence-electron chi connectivity index (χ2n) is 5.85. The summed E-state index contributed by atoms with van der Waals surface area (Å²) in [6.45, 7) is 15.6. The van der Waals surface area contributed by atoms with Crippen LogP contribution in [0.2, 0.25) is 18.1 Å². The molecule has 0 aromatic carbocycles. The molecule has 0 aliphatic carbocycles. The first-order valence-electron chi connectivity index (χ1n) is 6.09. The Morgan fingerprint density at radius 3 is 2.24 bits per heavy atom. The molecule has 0 N–H and O–H groups in total. The maximum absolute atomic E-state index is 6.09. The fourth-order valence-corrected chi connectivity index (χ4v) is 2.50. The van der Waals surface area contributed by atoms with E-state index in [0.717, 1.165) is 6.42 Å². The first-order chi connectivity index (χ1) is 7.65. The highest BCUT2D eigenvalue weighted by atomic mass is 35.5. The molecule has 17 heavy (non-hydrogen) atoms. The number of halogens is 1. The molecule has 0 saturated carbocycles. The fraction of sp³-hybridized carbons (Fsp3) is 0.846. The monoisotopic (exact) mass is 278 g/mol. The van der Waals surface area contributed by atoms with Crippen molar-refractivity contribution in [3.63, 3.8) is 0 Å². The van der Waals surface area contributed by atoms with Crippen molar-refractivity contribution in [2.24, 2.45) is 0 Å². The van der Waals surface area contributed by atoms with Crippen molar-refractivity contribution in [2.75, 3.05) is 13.7 Å². The molecular weight excluding hydrogens is 252 g/mol. The molecule has 0 amide bonds. The Morgan fingerprint density at radius 2 is 1.88 bits per heavy atom. The minimum atomic E-state index is -1.65. The Morgan fingerprint density at radius 1 is 1.35 bits per heavy atom. The number of ether oxygens (including phenoxy) is 1. The summed E-state index contributed by atoms with van der Waals surface area (Å²) in [6.07, 6.45) is 2.50. The van der Waals surface area contributed by atoms with Gasteiger partial charge in [-0.2, -0.15) is 0 Å². The van der Waals surface area contributed by atoms with Gasteiger partial charge >= 0.3 is 0 Å². The average molecular weight is 279 g/mol. The SMILES string of the molecule is C=C[C@@H](Cl)[C@@H](CCO[Si](C)(C)C(C)(C)C)OC. The zero-order chi connectivity index (χ0) is 13.7. The molecule has 0 fully saturated rings. The molecule has 0 aromatic rings. The molecule has 0 aromatic heterocycles. The van der Waals surface area contributed by atoms with Gasteiger partial charge in [-0.1, -0.05) is 26.8 Å². The number of methoxy groups -OCH3 is 1. The van der Waals surface area contributed by atoms with E-state index in [0.29, 0.717) is 6.61 Å². The van der Waals surface area contributed by atoms with Crippen LogP contribution >= 0.6 is 11.6 Å². The van der Waals surface area contributed by atoms with Gasteiger partial charge in [-0.25, -0.2) is 0 Å². The van der Waals surface area contributed by atoms with Gasteiger partial charge in [0.25, 0.3) is 0 Å². The van der Waals surface area contributed by atoms with Crippen LogP contribution in [-0.2, 0) is 9.16 Å². The maximum atomic E-state index is 6.09. The van der Waals surface area contributed by atoms with Crippen molar-refractivity contribution in [1.29, 1.82) is 0 Å². The van der Waals surface area contributed by atoms with Gasteiger partial charge in [0.05, 0.1) is 11.5 Å². The molecule has 102 valence electrons. The van der Waals surface area contributed by atoms with E-state index in [9.17, 15) is 0 Å². The van der Waals surface area contributed by atoms with Crippen molar-refractivity contribution >= 4 is 19.9 Å². The Kier molecular flexibility index (Phi) is 7.00. The first kappa shape index (κ1) is 17.2. The molecule has 0 heterocycles. The van der Waals surface area contributed by atoms with E-state index in [-0.39, 0.29) is 16.5 Å². The van der Waals surface area contributed by atoms with Crippen LogP contribution in [0.3, 0.4) is 0 Å². The third-order valence-electron chi connectivity index (χ3n) is 3.55. The van der Waals surface area contributed by atoms with E-state index >= 15 is 0 Å². The minimum absolute atomic E-state index is 0.0149. The summed E-state index contributed by atoms with van der Waals surface area (Å²) >= 11 is 6.08. The lowest BCUT2D eigenvalue weighted by Crippen LogP contribution is -2.41. The number of hydrogen-bond donors (Lipinski definition) is 0. The van der Waals surface area contributed by atoms with Crippen LogP contribution in [0.25, 0.3) is 0 Å². The third kappa shape index (κ3) is 5.56. The number of alkyl halides is 1. The topological polar surface area (TPSA) is 18.5 Å². The molecule has 2 atom stereocenters. The summed E-state index contributed by atoms with van der Waals surface area (Å²) in [7, 11) is 0.0225. The molecular formula is C13H27ClO2Si. The number of rotatable bonds is 7. The lowest BCUT2D eigenvalue weighted by molar-refractivity contribution is 0.0838. The smallest absolute Gasteiger partial charge is 0.191 e. The molecule has 0 unspecified atom stereocenters. The zero-order valence-corrected chi connectivity index (χ0v) is 13.8. The van der Waals surface area contributed by atoms with Crippen LogP contribution in [0.4, 0.5) is 0 Å². The Labute approximate surface area is 112 Å². The maximum Gasteiger partial charge on any atom is 0.191 e. The summed E-state index contributed by atoms with van der Waals surface area (Å²) in [5, 5.41) is 0.0944. The molecule has 0 rings (SSSR count). The zero-order valence-electron chi connectivity index (χ0n) is 12.0. The van der Waals surface area contributed by atoms with Crippen LogP contribution in [0.15, 0.2) is 12.7 Å². The summed E-state index contributed by atoms with van der Waals surface area (Å²) in [5.41, 5.74) is 0. The van der Waals surface area contributed by atoms with E-state index in [1.807, 2.05) is 0 Å². The highest BCUT2D eigenvalue weighted by Gasteiger charge is 2.37. The van der Waals surface area contributed by atoms with Crippen molar-refractivity contribution in [2.45, 2.75) is 56.8 Å². The van der Waals surface area contributed by atoms with Crippen molar-refractivity contribution in [3.8, 4) is 0 Å². The van der Waals surface area contributed by atoms with E-state index < -0.39 is 8.32 Å². The molecule has 0 radical (unpaired) electrons. The van der Waals surface area contributed by atoms with Crippen LogP contribution in [0.5, 0.6) is 0 Å². The summed E-state index contributed by atoms with van der Waals surface area (Å²) in [6, 6.07) is 0. The van der Waals surface area contributed by atoms with Crippen LogP contribution in [0.1, 0.15) is 27.2 Å². The molecule has 4 heteroatoms. The van der Waals surface area contributed by atoms with Gasteiger partial charge in [-0.3, -0.25) is 0 Å². The molecule has 0 spiro atoms. The predicted octanol–water partition coefficient (Wildman–Crippen LogP) is 4.21. The predicted molar refractivity (Wildman–Crippen MR) is 78.4 cm³/mol. The molecule has 0 saturated heterocycles. The largest absolute Gasteiger partial charge is 0.417 e. The second kappa shape index (κ2) is 6.93. The standard InChI is InChI=1S/C13H27ClO2Si/c1-8-11(14)12(15-5)9-10-16-17(6,7)13(2,3)4/h8,11-12H,1,9-10H2,2-7H3/t11-,12-/m1/s1. The van der Waals surface area contributed by atoms with Crippen molar-refractivity contribution < 1.29 is 9.16 Å². The molecule has 0 aliphatic heterocycles. The van der Waals surface area contributed by atoms with E-state index in [2.05, 4.69) is 40.4 Å². The fourth-order valence-electron chi connectivity index (χ4n) is 1.21. The Balaban J connectivity index is 4.18.